The molecule has 1 aliphatic heterocycles. The van der Waals surface area contributed by atoms with E-state index in [9.17, 15) is 9.59 Å². The van der Waals surface area contributed by atoms with Crippen molar-refractivity contribution in [3.05, 3.63) is 47.8 Å². The number of H-pyrrole nitrogens is 1. The fraction of sp³-hybridized carbons (Fsp3) is 0.278. The van der Waals surface area contributed by atoms with E-state index in [-0.39, 0.29) is 19.0 Å². The molecule has 3 rings (SSSR count). The third kappa shape index (κ3) is 3.78. The first-order valence-electron chi connectivity index (χ1n) is 7.94. The van der Waals surface area contributed by atoms with Gasteiger partial charge in [0, 0.05) is 23.6 Å². The molecule has 0 aliphatic carbocycles. The number of ether oxygens (including phenoxy) is 3. The maximum absolute atomic E-state index is 12.1. The van der Waals surface area contributed by atoms with Crippen LogP contribution in [0, 0.1) is 11.3 Å². The van der Waals surface area contributed by atoms with E-state index in [1.807, 2.05) is 6.07 Å². The molecule has 1 N–H and O–H groups in total. The van der Waals surface area contributed by atoms with Gasteiger partial charge in [-0.1, -0.05) is 0 Å². The number of cyclic esters (lactones) is 1. The summed E-state index contributed by atoms with van der Waals surface area (Å²) in [5.41, 5.74) is 1.85. The molecule has 134 valence electrons. The molecule has 0 bridgehead atoms. The zero-order chi connectivity index (χ0) is 18.5. The number of aromatic nitrogens is 1. The van der Waals surface area contributed by atoms with Crippen molar-refractivity contribution in [1.29, 1.82) is 5.26 Å². The molecule has 0 radical (unpaired) electrons. The number of nitrogens with zero attached hydrogens (tertiary/aromatic N) is 2. The number of amides is 1. The van der Waals surface area contributed by atoms with Crippen molar-refractivity contribution in [2.24, 2.45) is 0 Å². The Bertz CT molecular complexity index is 837. The summed E-state index contributed by atoms with van der Waals surface area (Å²) >= 11 is 0. The molecule has 2 heterocycles. The molecule has 1 atom stereocenters. The molecule has 1 aromatic heterocycles. The van der Waals surface area contributed by atoms with Crippen LogP contribution in [0.25, 0.3) is 0 Å². The number of carbonyl (C=O) groups excluding carboxylic acids is 2. The van der Waals surface area contributed by atoms with E-state index >= 15 is 0 Å². The SMILES string of the molecule is COC(=O)Cc1c[nH]cc1OCC1CN(c2ccc(C#N)cc2)C(=O)O1. The van der Waals surface area contributed by atoms with Gasteiger partial charge in [0.1, 0.15) is 12.4 Å². The van der Waals surface area contributed by atoms with Gasteiger partial charge in [0.05, 0.1) is 31.7 Å². The molecule has 8 heteroatoms. The van der Waals surface area contributed by atoms with E-state index in [4.69, 9.17) is 14.7 Å². The van der Waals surface area contributed by atoms with Gasteiger partial charge in [0.25, 0.3) is 0 Å². The Labute approximate surface area is 149 Å². The molecule has 1 fully saturated rings. The van der Waals surface area contributed by atoms with Crippen LogP contribution >= 0.6 is 0 Å². The van der Waals surface area contributed by atoms with Crippen molar-refractivity contribution < 1.29 is 23.8 Å². The molecule has 1 unspecified atom stereocenters. The van der Waals surface area contributed by atoms with E-state index in [1.165, 1.54) is 12.0 Å². The van der Waals surface area contributed by atoms with Crippen LogP contribution in [0.1, 0.15) is 11.1 Å². The van der Waals surface area contributed by atoms with Crippen LogP contribution < -0.4 is 9.64 Å². The fourth-order valence-corrected chi connectivity index (χ4v) is 2.60. The maximum Gasteiger partial charge on any atom is 0.414 e. The first-order chi connectivity index (χ1) is 12.6. The van der Waals surface area contributed by atoms with Gasteiger partial charge in [-0.15, -0.1) is 0 Å². The number of hydrogen-bond acceptors (Lipinski definition) is 6. The largest absolute Gasteiger partial charge is 0.488 e. The molecule has 1 aliphatic rings. The van der Waals surface area contributed by atoms with Gasteiger partial charge >= 0.3 is 12.1 Å². The second-order valence-electron chi connectivity index (χ2n) is 5.68. The van der Waals surface area contributed by atoms with Gasteiger partial charge in [-0.25, -0.2) is 4.79 Å². The highest BCUT2D eigenvalue weighted by Gasteiger charge is 2.33. The van der Waals surface area contributed by atoms with E-state index in [0.29, 0.717) is 29.1 Å². The van der Waals surface area contributed by atoms with Crippen LogP contribution in [0.4, 0.5) is 10.5 Å². The predicted octanol–water partition coefficient (Wildman–Crippen LogP) is 2.01. The third-order valence-electron chi connectivity index (χ3n) is 3.96. The molecular weight excluding hydrogens is 338 g/mol. The average Bonchev–Trinajstić information content (AvgIpc) is 3.26. The van der Waals surface area contributed by atoms with Crippen LogP contribution in [-0.2, 0) is 20.7 Å². The zero-order valence-corrected chi connectivity index (χ0v) is 14.1. The van der Waals surface area contributed by atoms with Gasteiger partial charge in [-0.05, 0) is 24.3 Å². The predicted molar refractivity (Wildman–Crippen MR) is 90.8 cm³/mol. The Morgan fingerprint density at radius 3 is 2.85 bits per heavy atom. The highest BCUT2D eigenvalue weighted by molar-refractivity contribution is 5.89. The molecule has 1 aromatic carbocycles. The number of benzene rings is 1. The summed E-state index contributed by atoms with van der Waals surface area (Å²) in [6.07, 6.45) is 2.48. The lowest BCUT2D eigenvalue weighted by molar-refractivity contribution is -0.139. The Morgan fingerprint density at radius 2 is 2.15 bits per heavy atom. The van der Waals surface area contributed by atoms with Gasteiger partial charge in [0.15, 0.2) is 6.10 Å². The first-order valence-corrected chi connectivity index (χ1v) is 7.94. The van der Waals surface area contributed by atoms with E-state index in [0.717, 1.165) is 0 Å². The number of rotatable bonds is 6. The second kappa shape index (κ2) is 7.61. The van der Waals surface area contributed by atoms with Crippen LogP contribution in [0.3, 0.4) is 0 Å². The smallest absolute Gasteiger partial charge is 0.414 e. The Hall–Kier alpha value is -3.47. The van der Waals surface area contributed by atoms with Crippen molar-refractivity contribution >= 4 is 17.7 Å². The van der Waals surface area contributed by atoms with Gasteiger partial charge in [-0.2, -0.15) is 5.26 Å². The number of methoxy groups -OCH3 is 1. The summed E-state index contributed by atoms with van der Waals surface area (Å²) in [5, 5.41) is 8.84. The number of carbonyl (C=O) groups is 2. The molecule has 8 nitrogen and oxygen atoms in total. The molecule has 0 saturated carbocycles. The summed E-state index contributed by atoms with van der Waals surface area (Å²) in [5.74, 6) is 0.150. The number of hydrogen-bond donors (Lipinski definition) is 1. The number of nitriles is 1. The lowest BCUT2D eigenvalue weighted by atomic mass is 10.2. The normalized spacial score (nSPS) is 16.1. The quantitative estimate of drug-likeness (QED) is 0.795. The van der Waals surface area contributed by atoms with Crippen LogP contribution in [-0.4, -0.2) is 43.4 Å². The molecule has 2 aromatic rings. The highest BCUT2D eigenvalue weighted by atomic mass is 16.6. The number of aromatic amines is 1. The minimum atomic E-state index is -0.466. The topological polar surface area (TPSA) is 105 Å². The molecule has 1 saturated heterocycles. The molecular formula is C18H17N3O5. The highest BCUT2D eigenvalue weighted by Crippen LogP contribution is 2.24. The number of anilines is 1. The van der Waals surface area contributed by atoms with Gasteiger partial charge in [0.2, 0.25) is 0 Å². The van der Waals surface area contributed by atoms with Crippen molar-refractivity contribution in [1.82, 2.24) is 4.98 Å². The Kier molecular flexibility index (Phi) is 5.08. The lowest BCUT2D eigenvalue weighted by Gasteiger charge is -2.13. The first kappa shape index (κ1) is 17.4. The van der Waals surface area contributed by atoms with Crippen LogP contribution in [0.2, 0.25) is 0 Å². The minimum absolute atomic E-state index is 0.0944. The molecule has 26 heavy (non-hydrogen) atoms. The molecule has 1 amide bonds. The van der Waals surface area contributed by atoms with E-state index in [2.05, 4.69) is 9.72 Å². The second-order valence-corrected chi connectivity index (χ2v) is 5.68. The van der Waals surface area contributed by atoms with Crippen molar-refractivity contribution in [3.63, 3.8) is 0 Å². The fourth-order valence-electron chi connectivity index (χ4n) is 2.60. The van der Waals surface area contributed by atoms with Crippen LogP contribution in [0.15, 0.2) is 36.7 Å². The number of nitrogens with one attached hydrogen (secondary N) is 1. The van der Waals surface area contributed by atoms with Crippen LogP contribution in [0.5, 0.6) is 5.75 Å². The Balaban J connectivity index is 1.59. The lowest BCUT2D eigenvalue weighted by Crippen LogP contribution is -2.26. The summed E-state index contributed by atoms with van der Waals surface area (Å²) in [6, 6.07) is 8.72. The van der Waals surface area contributed by atoms with Crippen molar-refractivity contribution in [2.75, 3.05) is 25.2 Å². The van der Waals surface area contributed by atoms with Crippen molar-refractivity contribution in [3.8, 4) is 11.8 Å². The van der Waals surface area contributed by atoms with E-state index in [1.54, 1.807) is 36.7 Å². The third-order valence-corrected chi connectivity index (χ3v) is 3.96. The summed E-state index contributed by atoms with van der Waals surface area (Å²) < 4.78 is 15.7. The molecule has 0 spiro atoms. The summed E-state index contributed by atoms with van der Waals surface area (Å²) in [6.45, 7) is 0.492. The van der Waals surface area contributed by atoms with Gasteiger partial charge in [-0.3, -0.25) is 9.69 Å². The van der Waals surface area contributed by atoms with Crippen molar-refractivity contribution in [2.45, 2.75) is 12.5 Å². The minimum Gasteiger partial charge on any atom is -0.488 e. The number of esters is 1. The standard InChI is InChI=1S/C18H17N3O5/c1-24-17(22)6-13-8-20-9-16(13)25-11-15-10-21(18(23)26-15)14-4-2-12(7-19)3-5-14/h2-5,8-9,15,20H,6,10-11H2,1H3. The summed E-state index contributed by atoms with van der Waals surface area (Å²) in [4.78, 5) is 27.8. The maximum atomic E-state index is 12.1. The zero-order valence-electron chi connectivity index (χ0n) is 14.1. The monoisotopic (exact) mass is 355 g/mol. The average molecular weight is 355 g/mol. The summed E-state index contributed by atoms with van der Waals surface area (Å²) in [7, 11) is 1.32. The van der Waals surface area contributed by atoms with Gasteiger partial charge < -0.3 is 19.2 Å². The Morgan fingerprint density at radius 1 is 1.38 bits per heavy atom. The van der Waals surface area contributed by atoms with E-state index < -0.39 is 12.2 Å².